The molecule has 1 aromatic heterocycles. The van der Waals surface area contributed by atoms with Crippen molar-refractivity contribution in [3.05, 3.63) is 30.1 Å². The largest absolute Gasteiger partial charge is 0.377 e. The minimum absolute atomic E-state index is 0.106. The van der Waals surface area contributed by atoms with E-state index < -0.39 is 0 Å². The van der Waals surface area contributed by atoms with Crippen LogP contribution < -0.4 is 5.32 Å². The summed E-state index contributed by atoms with van der Waals surface area (Å²) < 4.78 is 6.15. The van der Waals surface area contributed by atoms with Crippen molar-refractivity contribution in [1.29, 1.82) is 0 Å². The highest BCUT2D eigenvalue weighted by Gasteiger charge is 2.36. The number of carbonyl (C=O) groups is 1. The summed E-state index contributed by atoms with van der Waals surface area (Å²) in [5.41, 5.74) is 1.04. The van der Waals surface area contributed by atoms with E-state index in [1.54, 1.807) is 0 Å². The second-order valence-electron chi connectivity index (χ2n) is 8.50. The molecule has 1 amide bonds. The molecule has 0 spiro atoms. The molecule has 5 heteroatoms. The van der Waals surface area contributed by atoms with Crippen LogP contribution in [-0.4, -0.2) is 54.2 Å². The molecular weight excluding hydrogens is 350 g/mol. The number of nitrogens with one attached hydrogen (secondary N) is 1. The van der Waals surface area contributed by atoms with Crippen molar-refractivity contribution in [2.24, 2.45) is 5.92 Å². The lowest BCUT2D eigenvalue weighted by Gasteiger charge is -2.38. The van der Waals surface area contributed by atoms with E-state index in [0.29, 0.717) is 12.1 Å². The lowest BCUT2D eigenvalue weighted by atomic mass is 9.82. The fraction of sp³-hybridized carbons (Fsp3) is 0.739. The summed E-state index contributed by atoms with van der Waals surface area (Å²) in [6.45, 7) is 3.70. The van der Waals surface area contributed by atoms with Crippen LogP contribution in [0.25, 0.3) is 0 Å². The minimum Gasteiger partial charge on any atom is -0.377 e. The van der Waals surface area contributed by atoms with Crippen molar-refractivity contribution >= 4 is 5.91 Å². The van der Waals surface area contributed by atoms with Gasteiger partial charge < -0.3 is 15.0 Å². The van der Waals surface area contributed by atoms with E-state index in [9.17, 15) is 4.79 Å². The zero-order valence-corrected chi connectivity index (χ0v) is 17.6. The molecule has 156 valence electrons. The second-order valence-corrected chi connectivity index (χ2v) is 8.50. The molecule has 2 aliphatic carbocycles. The molecule has 0 unspecified atom stereocenters. The molecule has 1 heterocycles. The second kappa shape index (κ2) is 10.9. The van der Waals surface area contributed by atoms with Crippen LogP contribution in [0.15, 0.2) is 24.4 Å². The molecule has 2 saturated carbocycles. The highest BCUT2D eigenvalue weighted by atomic mass is 16.5. The van der Waals surface area contributed by atoms with Crippen LogP contribution in [0.5, 0.6) is 0 Å². The summed E-state index contributed by atoms with van der Waals surface area (Å²) in [7, 11) is 1.93. The molecule has 5 nitrogen and oxygen atoms in total. The van der Waals surface area contributed by atoms with Crippen molar-refractivity contribution in [1.82, 2.24) is 15.2 Å². The number of nitrogens with zero attached hydrogens (tertiary/aromatic N) is 2. The molecule has 0 aromatic carbocycles. The van der Waals surface area contributed by atoms with E-state index in [1.165, 1.54) is 25.7 Å². The van der Waals surface area contributed by atoms with Gasteiger partial charge in [0.2, 0.25) is 5.91 Å². The number of pyridine rings is 1. The molecule has 3 rings (SSSR count). The van der Waals surface area contributed by atoms with Gasteiger partial charge in [-0.25, -0.2) is 0 Å². The molecule has 1 N–H and O–H groups in total. The van der Waals surface area contributed by atoms with E-state index >= 15 is 0 Å². The third-order valence-corrected chi connectivity index (χ3v) is 6.28. The summed E-state index contributed by atoms with van der Waals surface area (Å²) >= 11 is 0. The lowest BCUT2D eigenvalue weighted by Crippen LogP contribution is -2.51. The molecule has 1 aromatic rings. The standard InChI is InChI=1S/C23H37N3O2/c1-3-16-28-22-12-11-18(17-21(22)25-20-9-4-5-10-20)23(27)26(2)15-13-19-8-6-7-14-24-19/h6-8,14,18,20-22,25H,3-5,9-13,15-17H2,1-2H3/t18-,21+,22+/m0/s1. The Labute approximate surface area is 170 Å². The first kappa shape index (κ1) is 21.3. The van der Waals surface area contributed by atoms with Gasteiger partial charge in [0.25, 0.3) is 0 Å². The first-order chi connectivity index (χ1) is 13.7. The Morgan fingerprint density at radius 1 is 1.25 bits per heavy atom. The van der Waals surface area contributed by atoms with Crippen LogP contribution >= 0.6 is 0 Å². The maximum absolute atomic E-state index is 13.1. The zero-order chi connectivity index (χ0) is 19.8. The van der Waals surface area contributed by atoms with E-state index in [1.807, 2.05) is 36.3 Å². The summed E-state index contributed by atoms with van der Waals surface area (Å²) in [5, 5.41) is 3.85. The third kappa shape index (κ3) is 6.02. The zero-order valence-electron chi connectivity index (χ0n) is 17.6. The minimum atomic E-state index is 0.106. The molecule has 28 heavy (non-hydrogen) atoms. The Morgan fingerprint density at radius 2 is 2.07 bits per heavy atom. The van der Waals surface area contributed by atoms with E-state index in [2.05, 4.69) is 17.2 Å². The Morgan fingerprint density at radius 3 is 2.79 bits per heavy atom. The van der Waals surface area contributed by atoms with Crippen molar-refractivity contribution in [3.8, 4) is 0 Å². The Bertz CT molecular complexity index is 589. The van der Waals surface area contributed by atoms with Crippen LogP contribution in [0.1, 0.15) is 64.0 Å². The molecular formula is C23H37N3O2. The predicted octanol–water partition coefficient (Wildman–Crippen LogP) is 3.58. The SMILES string of the molecule is CCCO[C@@H]1CC[C@H](C(=O)N(C)CCc2ccccn2)C[C@H]1NC1CCCC1. The Kier molecular flexibility index (Phi) is 8.28. The van der Waals surface area contributed by atoms with E-state index in [0.717, 1.165) is 50.9 Å². The van der Waals surface area contributed by atoms with Crippen LogP contribution in [-0.2, 0) is 16.0 Å². The molecule has 0 saturated heterocycles. The number of hydrogen-bond donors (Lipinski definition) is 1. The summed E-state index contributed by atoms with van der Waals surface area (Å²) in [6.07, 6.45) is 11.9. The topological polar surface area (TPSA) is 54.5 Å². The van der Waals surface area contributed by atoms with Gasteiger partial charge in [0, 0.05) is 56.5 Å². The average Bonchev–Trinajstić information content (AvgIpc) is 3.24. The highest BCUT2D eigenvalue weighted by molar-refractivity contribution is 5.78. The smallest absolute Gasteiger partial charge is 0.225 e. The van der Waals surface area contributed by atoms with Crippen molar-refractivity contribution in [3.63, 3.8) is 0 Å². The Hall–Kier alpha value is -1.46. The number of aromatic nitrogens is 1. The highest BCUT2D eigenvalue weighted by Crippen LogP contribution is 2.30. The van der Waals surface area contributed by atoms with Gasteiger partial charge in [-0.2, -0.15) is 0 Å². The van der Waals surface area contributed by atoms with Crippen LogP contribution in [0.4, 0.5) is 0 Å². The van der Waals surface area contributed by atoms with Gasteiger partial charge in [-0.15, -0.1) is 0 Å². The number of hydrogen-bond acceptors (Lipinski definition) is 4. The fourth-order valence-corrected chi connectivity index (χ4v) is 4.66. The van der Waals surface area contributed by atoms with Gasteiger partial charge in [0.05, 0.1) is 6.10 Å². The van der Waals surface area contributed by atoms with Crippen molar-refractivity contribution < 1.29 is 9.53 Å². The summed E-state index contributed by atoms with van der Waals surface area (Å²) in [4.78, 5) is 19.3. The maximum atomic E-state index is 13.1. The predicted molar refractivity (Wildman–Crippen MR) is 112 cm³/mol. The van der Waals surface area contributed by atoms with Gasteiger partial charge >= 0.3 is 0 Å². The summed E-state index contributed by atoms with van der Waals surface area (Å²) in [6, 6.07) is 6.86. The molecule has 0 radical (unpaired) electrons. The van der Waals surface area contributed by atoms with Gasteiger partial charge in [-0.1, -0.05) is 25.8 Å². The first-order valence-electron chi connectivity index (χ1n) is 11.2. The van der Waals surface area contributed by atoms with Crippen molar-refractivity contribution in [2.75, 3.05) is 20.2 Å². The number of ether oxygens (including phenoxy) is 1. The van der Waals surface area contributed by atoms with Crippen LogP contribution in [0, 0.1) is 5.92 Å². The first-order valence-corrected chi connectivity index (χ1v) is 11.2. The monoisotopic (exact) mass is 387 g/mol. The number of carbonyl (C=O) groups excluding carboxylic acids is 1. The van der Waals surface area contributed by atoms with Gasteiger partial charge in [0.1, 0.15) is 0 Å². The van der Waals surface area contributed by atoms with Crippen molar-refractivity contribution in [2.45, 2.75) is 82.9 Å². The molecule has 2 aliphatic rings. The average molecular weight is 388 g/mol. The maximum Gasteiger partial charge on any atom is 0.225 e. The number of amides is 1. The molecule has 0 aliphatic heterocycles. The lowest BCUT2D eigenvalue weighted by molar-refractivity contribution is -0.137. The third-order valence-electron chi connectivity index (χ3n) is 6.28. The van der Waals surface area contributed by atoms with Crippen LogP contribution in [0.3, 0.4) is 0 Å². The summed E-state index contributed by atoms with van der Waals surface area (Å²) in [5.74, 6) is 0.386. The fourth-order valence-electron chi connectivity index (χ4n) is 4.66. The quantitative estimate of drug-likeness (QED) is 0.704. The van der Waals surface area contributed by atoms with Gasteiger partial charge in [-0.05, 0) is 50.7 Å². The Balaban J connectivity index is 1.54. The number of rotatable bonds is 9. The van der Waals surface area contributed by atoms with E-state index in [4.69, 9.17) is 4.74 Å². The number of likely N-dealkylation sites (N-methyl/N-ethyl adjacent to an activating group) is 1. The van der Waals surface area contributed by atoms with Crippen LogP contribution in [0.2, 0.25) is 0 Å². The van der Waals surface area contributed by atoms with Gasteiger partial charge in [-0.3, -0.25) is 9.78 Å². The molecule has 3 atom stereocenters. The normalized spacial score (nSPS) is 25.7. The molecule has 0 bridgehead atoms. The van der Waals surface area contributed by atoms with E-state index in [-0.39, 0.29) is 17.9 Å². The van der Waals surface area contributed by atoms with Gasteiger partial charge in [0.15, 0.2) is 0 Å². The molecule has 2 fully saturated rings.